The molecule has 0 aliphatic heterocycles. The highest BCUT2D eigenvalue weighted by Gasteiger charge is 2.25. The average Bonchev–Trinajstić information content (AvgIpc) is 1.76. The molecular formula is C71H90N14O14. The van der Waals surface area contributed by atoms with Gasteiger partial charge in [-0.25, -0.2) is 68.4 Å². The number of rotatable bonds is 11. The fraction of sp³-hybridized carbons (Fsp3) is 0.324. The van der Waals surface area contributed by atoms with Gasteiger partial charge in [-0.1, -0.05) is 78.8 Å². The first-order valence-electron chi connectivity index (χ1n) is 31.0. The maximum Gasteiger partial charge on any atom is 0.336 e. The van der Waals surface area contributed by atoms with Crippen molar-refractivity contribution in [2.75, 3.05) is 40.1 Å². The van der Waals surface area contributed by atoms with Crippen molar-refractivity contribution in [2.45, 2.75) is 154 Å². The van der Waals surface area contributed by atoms with Crippen LogP contribution in [0.15, 0.2) is 60.7 Å². The molecule has 9 rings (SSSR count). The Kier molecular flexibility index (Phi) is 29.0. The number of nitrogens with two attached hydrogens (primary N) is 7. The molecule has 0 atom stereocenters. The number of benzene rings is 1. The minimum Gasteiger partial charge on any atom is -0.478 e. The number of nitrogen functional groups attached to an aromatic ring is 7. The molecule has 8 aromatic rings. The molecule has 0 bridgehead atoms. The van der Waals surface area contributed by atoms with Crippen LogP contribution in [0.1, 0.15) is 218 Å². The Labute approximate surface area is 573 Å². The van der Waals surface area contributed by atoms with Crippen molar-refractivity contribution in [2.24, 2.45) is 0 Å². The summed E-state index contributed by atoms with van der Waals surface area (Å²) in [6.07, 6.45) is 4.01. The van der Waals surface area contributed by atoms with Gasteiger partial charge in [0.25, 0.3) is 0 Å². The first kappa shape index (κ1) is 81.4. The van der Waals surface area contributed by atoms with Crippen LogP contribution < -0.4 is 40.1 Å². The van der Waals surface area contributed by atoms with Crippen LogP contribution in [0.2, 0.25) is 0 Å². The van der Waals surface area contributed by atoms with E-state index in [-0.39, 0.29) is 56.3 Å². The predicted octanol–water partition coefficient (Wildman–Crippen LogP) is 11.0. The quantitative estimate of drug-likeness (QED) is 0.0572. The van der Waals surface area contributed by atoms with E-state index < -0.39 is 41.8 Å². The third-order valence-corrected chi connectivity index (χ3v) is 15.8. The lowest BCUT2D eigenvalue weighted by molar-refractivity contribution is 0.0684. The van der Waals surface area contributed by atoms with Gasteiger partial charge >= 0.3 is 41.8 Å². The highest BCUT2D eigenvalue weighted by Crippen LogP contribution is 2.30. The lowest BCUT2D eigenvalue weighted by Crippen LogP contribution is -2.17. The normalized spacial score (nSPS) is 10.9. The second kappa shape index (κ2) is 35.2. The molecular weight excluding hydrogens is 1270 g/mol. The summed E-state index contributed by atoms with van der Waals surface area (Å²) in [7, 11) is 0. The van der Waals surface area contributed by atoms with E-state index in [0.717, 1.165) is 41.8 Å². The number of carbonyl (C=O) groups is 7. The Morgan fingerprint density at radius 3 is 1.28 bits per heavy atom. The molecule has 0 spiro atoms. The fourth-order valence-electron chi connectivity index (χ4n) is 9.61. The van der Waals surface area contributed by atoms with Gasteiger partial charge in [0, 0.05) is 84.1 Å². The van der Waals surface area contributed by atoms with E-state index in [1.54, 1.807) is 86.6 Å². The number of fused-ring (bicyclic) bond motifs is 1. The van der Waals surface area contributed by atoms with Crippen LogP contribution in [-0.2, 0) is 31.1 Å². The van der Waals surface area contributed by atoms with Crippen molar-refractivity contribution < 1.29 is 69.3 Å². The molecule has 0 radical (unpaired) electrons. The lowest BCUT2D eigenvalue weighted by Gasteiger charge is -2.19. The second-order valence-corrected chi connectivity index (χ2v) is 24.2. The second-order valence-electron chi connectivity index (χ2n) is 24.2. The van der Waals surface area contributed by atoms with Crippen molar-refractivity contribution in [3.63, 3.8) is 0 Å². The Morgan fingerprint density at radius 1 is 0.424 bits per heavy atom. The zero-order valence-corrected chi connectivity index (χ0v) is 58.5. The van der Waals surface area contributed by atoms with E-state index in [1.165, 1.54) is 6.07 Å². The van der Waals surface area contributed by atoms with Crippen LogP contribution in [0.4, 0.5) is 40.7 Å². The molecule has 28 heteroatoms. The summed E-state index contributed by atoms with van der Waals surface area (Å²) in [6.45, 7) is 28.8. The van der Waals surface area contributed by atoms with Crippen LogP contribution in [0.3, 0.4) is 0 Å². The number of anilines is 7. The number of hydrogen-bond acceptors (Lipinski definition) is 21. The van der Waals surface area contributed by atoms with Crippen LogP contribution in [0.5, 0.6) is 0 Å². The number of aryl methyl sites for hydroxylation is 4. The molecule has 1 aliphatic rings. The predicted molar refractivity (Wildman–Crippen MR) is 381 cm³/mol. The van der Waals surface area contributed by atoms with Crippen molar-refractivity contribution in [1.29, 1.82) is 0 Å². The van der Waals surface area contributed by atoms with Crippen molar-refractivity contribution in [1.82, 2.24) is 34.9 Å². The molecule has 7 heterocycles. The van der Waals surface area contributed by atoms with Gasteiger partial charge in [-0.2, -0.15) is 0 Å². The smallest absolute Gasteiger partial charge is 0.336 e. The van der Waals surface area contributed by atoms with Crippen LogP contribution in [0, 0.1) is 62.3 Å². The largest absolute Gasteiger partial charge is 0.478 e. The van der Waals surface area contributed by atoms with E-state index in [9.17, 15) is 33.6 Å². The van der Waals surface area contributed by atoms with Gasteiger partial charge in [0.1, 0.15) is 40.7 Å². The molecule has 0 unspecified atom stereocenters. The summed E-state index contributed by atoms with van der Waals surface area (Å²) >= 11 is 0. The minimum atomic E-state index is -0.992. The SMILES string of the molecule is CCc1cc(C(=O)O)c(C)c(N)n1.CCc1nc(N)c(C)c(C(=O)O)c1C.Cc1c(C(=O)O)cc(-c2ccccc2)nc1N.Cc1c(C(=O)O)cc(C(C)(C)C)nc1N.Cc1c(C(=O)O)cc(C(C)C)nc1N.Cc1c(N)nc2c(c1C(=O)O)CCC2.Cc1cc(C(=O)O)c(C)c(N)n1. The van der Waals surface area contributed by atoms with Gasteiger partial charge in [-0.05, 0) is 142 Å². The highest BCUT2D eigenvalue weighted by atomic mass is 16.4. The number of carboxylic acids is 7. The topological polar surface area (TPSA) is 533 Å². The first-order valence-corrected chi connectivity index (χ1v) is 31.0. The van der Waals surface area contributed by atoms with Crippen LogP contribution in [0.25, 0.3) is 11.3 Å². The van der Waals surface area contributed by atoms with Crippen molar-refractivity contribution >= 4 is 82.5 Å². The summed E-state index contributed by atoms with van der Waals surface area (Å²) < 4.78 is 0. The lowest BCUT2D eigenvalue weighted by atomic mass is 9.90. The molecule has 99 heavy (non-hydrogen) atoms. The zero-order valence-electron chi connectivity index (χ0n) is 58.5. The standard InChI is InChI=1S/C13H12N2O2.C11H16N2O2.C10H12N2O2.2C10H14N2O2.C9H12N2O2.C8H10N2O2/c1-8-10(13(16)17)7-11(15-12(8)14)9-5-3-2-4-6-9;1-6-7(10(14)15)5-8(11(2,3)4)13-9(6)12;1-5-8(10(13)14)6-3-2-4-7(6)12-9(5)11;1-5(2)8-4-7(10(13)14)6(3)9(11)12-8;1-4-7-5(2)8(10(13)14)6(3)9(11)12-7;1-3-6-4-7(9(12)13)5(2)8(10)11-6;1-4-3-6(8(11)12)5(2)7(9)10-4/h2-7H,1H3,(H2,14,15)(H,16,17);5H,1-4H3,(H2,12,13)(H,14,15);2-4H2,1H3,(H2,11,12)(H,13,14);4-5H,1-3H3,(H2,11,12)(H,13,14);4H2,1-3H3,(H2,11,12)(H,13,14);4H,3H2,1-2H3,(H2,10,11)(H,12,13);3H,1-2H3,(H2,9,10)(H,11,12). The maximum absolute atomic E-state index is 11.1. The van der Waals surface area contributed by atoms with E-state index >= 15 is 0 Å². The van der Waals surface area contributed by atoms with E-state index in [1.807, 2.05) is 78.8 Å². The molecule has 28 nitrogen and oxygen atoms in total. The monoisotopic (exact) mass is 1360 g/mol. The van der Waals surface area contributed by atoms with Gasteiger partial charge in [0.2, 0.25) is 0 Å². The Hall–Kier alpha value is -11.8. The van der Waals surface area contributed by atoms with Gasteiger partial charge < -0.3 is 75.9 Å². The maximum atomic E-state index is 11.1. The zero-order chi connectivity index (χ0) is 75.6. The first-order chi connectivity index (χ1) is 45.9. The Balaban J connectivity index is 0.000000301. The van der Waals surface area contributed by atoms with Crippen molar-refractivity contribution in [3.8, 4) is 11.3 Å². The summed E-state index contributed by atoms with van der Waals surface area (Å²) in [5.74, 6) is -4.41. The van der Waals surface area contributed by atoms with Gasteiger partial charge in [-0.3, -0.25) is 0 Å². The van der Waals surface area contributed by atoms with E-state index in [2.05, 4.69) is 34.9 Å². The summed E-state index contributed by atoms with van der Waals surface area (Å²) in [6, 6.07) is 17.1. The molecule has 7 aromatic heterocycles. The molecule has 0 fully saturated rings. The number of pyridine rings is 7. The van der Waals surface area contributed by atoms with E-state index in [4.69, 9.17) is 75.9 Å². The Morgan fingerprint density at radius 2 is 0.828 bits per heavy atom. The third kappa shape index (κ3) is 21.6. The molecule has 528 valence electrons. The Bertz CT molecular complexity index is 4350. The van der Waals surface area contributed by atoms with Crippen LogP contribution >= 0.6 is 0 Å². The summed E-state index contributed by atoms with van der Waals surface area (Å²) in [4.78, 5) is 105. The molecule has 0 saturated heterocycles. The average molecular weight is 1360 g/mol. The number of nitrogens with zero attached hydrogens (tertiary/aromatic N) is 7. The molecule has 1 aliphatic carbocycles. The molecule has 21 N–H and O–H groups in total. The van der Waals surface area contributed by atoms with Crippen molar-refractivity contribution in [3.05, 3.63) is 184 Å². The number of hydrogen-bond donors (Lipinski definition) is 14. The number of aromatic carboxylic acids is 7. The van der Waals surface area contributed by atoms with Gasteiger partial charge in [-0.15, -0.1) is 0 Å². The number of carboxylic acid groups (broad SMARTS) is 7. The molecule has 1 aromatic carbocycles. The molecule has 0 amide bonds. The molecule has 0 saturated carbocycles. The summed E-state index contributed by atoms with van der Waals surface area (Å²) in [5.41, 5.74) is 52.1. The van der Waals surface area contributed by atoms with E-state index in [0.29, 0.717) is 120 Å². The van der Waals surface area contributed by atoms with Gasteiger partial charge in [0.05, 0.1) is 44.6 Å². The fourth-order valence-corrected chi connectivity index (χ4v) is 9.61. The van der Waals surface area contributed by atoms with Crippen LogP contribution in [-0.4, -0.2) is 112 Å². The summed E-state index contributed by atoms with van der Waals surface area (Å²) in [5, 5.41) is 62.6. The highest BCUT2D eigenvalue weighted by molar-refractivity contribution is 5.95. The minimum absolute atomic E-state index is 0.177. The van der Waals surface area contributed by atoms with Gasteiger partial charge in [0.15, 0.2) is 0 Å². The number of aromatic nitrogens is 7. The third-order valence-electron chi connectivity index (χ3n) is 15.8.